The fraction of sp³-hybridized carbons (Fsp3) is 0.256. The average molecular weight is 539 g/mol. The highest BCUT2D eigenvalue weighted by atomic mass is 15.5. The Morgan fingerprint density at radius 1 is 0.659 bits per heavy atom. The van der Waals surface area contributed by atoms with E-state index in [0.29, 0.717) is 0 Å². The first-order valence-electron chi connectivity index (χ1n) is 14.7. The van der Waals surface area contributed by atoms with Crippen molar-refractivity contribution in [3.8, 4) is 0 Å². The van der Waals surface area contributed by atoms with E-state index >= 15 is 0 Å². The van der Waals surface area contributed by atoms with Gasteiger partial charge in [0.25, 0.3) is 0 Å². The molecule has 0 aliphatic carbocycles. The van der Waals surface area contributed by atoms with E-state index in [1.54, 1.807) is 0 Å². The Morgan fingerprint density at radius 2 is 1.15 bits per heavy atom. The molecular formula is C39H42N2. The summed E-state index contributed by atoms with van der Waals surface area (Å²) in [4.78, 5) is 0. The van der Waals surface area contributed by atoms with Crippen molar-refractivity contribution in [2.45, 2.75) is 52.5 Å². The van der Waals surface area contributed by atoms with Gasteiger partial charge in [-0.3, -0.25) is 5.01 Å². The first kappa shape index (κ1) is 28.4. The second-order valence-corrected chi connectivity index (χ2v) is 12.6. The third kappa shape index (κ3) is 6.77. The van der Waals surface area contributed by atoms with Crippen molar-refractivity contribution < 1.29 is 0 Å². The summed E-state index contributed by atoms with van der Waals surface area (Å²) in [7, 11) is 0. The molecule has 0 saturated heterocycles. The smallest absolute Gasteiger partial charge is 0.0828 e. The fourth-order valence-corrected chi connectivity index (χ4v) is 5.48. The Hall–Kier alpha value is -4.17. The number of hydrogen-bond donors (Lipinski definition) is 0. The Kier molecular flexibility index (Phi) is 8.40. The van der Waals surface area contributed by atoms with Crippen molar-refractivity contribution >= 4 is 23.6 Å². The van der Waals surface area contributed by atoms with E-state index in [2.05, 4.69) is 179 Å². The molecular weight excluding hydrogens is 496 g/mol. The van der Waals surface area contributed by atoms with E-state index in [-0.39, 0.29) is 22.8 Å². The van der Waals surface area contributed by atoms with Crippen LogP contribution in [0.15, 0.2) is 133 Å². The molecule has 208 valence electrons. The number of para-hydroxylation sites is 1. The van der Waals surface area contributed by atoms with E-state index < -0.39 is 0 Å². The van der Waals surface area contributed by atoms with Gasteiger partial charge in [0.2, 0.25) is 0 Å². The highest BCUT2D eigenvalue weighted by molar-refractivity contribution is 5.94. The van der Waals surface area contributed by atoms with E-state index in [0.717, 1.165) is 12.1 Å². The van der Waals surface area contributed by atoms with Crippen LogP contribution in [0.1, 0.15) is 69.3 Å². The zero-order valence-electron chi connectivity index (χ0n) is 25.0. The second-order valence-electron chi connectivity index (χ2n) is 12.6. The van der Waals surface area contributed by atoms with Gasteiger partial charge >= 0.3 is 0 Å². The lowest BCUT2D eigenvalue weighted by Crippen LogP contribution is -2.30. The van der Waals surface area contributed by atoms with Gasteiger partial charge in [-0.05, 0) is 39.8 Å². The van der Waals surface area contributed by atoms with Crippen LogP contribution in [0.5, 0.6) is 0 Å². The predicted octanol–water partition coefficient (Wildman–Crippen LogP) is 10.4. The molecule has 0 fully saturated rings. The van der Waals surface area contributed by atoms with E-state index in [1.165, 1.54) is 28.0 Å². The first-order valence-corrected chi connectivity index (χ1v) is 14.7. The third-order valence-corrected chi connectivity index (χ3v) is 8.26. The normalized spacial score (nSPS) is 16.9. The average Bonchev–Trinajstić information content (AvgIpc) is 3.45. The van der Waals surface area contributed by atoms with Crippen LogP contribution in [0.2, 0.25) is 0 Å². The molecule has 1 aliphatic heterocycles. The predicted molar refractivity (Wildman–Crippen MR) is 177 cm³/mol. The molecule has 2 nitrogen and oxygen atoms in total. The Morgan fingerprint density at radius 3 is 1.63 bits per heavy atom. The monoisotopic (exact) mass is 538 g/mol. The number of anilines is 1. The zero-order chi connectivity index (χ0) is 28.9. The third-order valence-electron chi connectivity index (χ3n) is 8.26. The van der Waals surface area contributed by atoms with Crippen LogP contribution in [0, 0.1) is 11.3 Å². The standard InChI is InChI=1S/C39H42N2/c1-38(2,3)33-27-23-32(24-28-33)36-29-37(40-41(36)35-19-13-8-14-20-35)39(4,5)34(25-21-30-15-9-6-10-16-30)26-22-31-17-11-7-12-18-31/h6-28,34,36H,29H2,1-5H3. The molecule has 0 radical (unpaired) electrons. The number of nitrogens with zero attached hydrogens (tertiary/aromatic N) is 2. The van der Waals surface area contributed by atoms with Crippen LogP contribution in [0.25, 0.3) is 12.2 Å². The highest BCUT2D eigenvalue weighted by Gasteiger charge is 2.39. The number of allylic oxidation sites excluding steroid dienone is 2. The molecule has 0 N–H and O–H groups in total. The minimum absolute atomic E-state index is 0.125. The van der Waals surface area contributed by atoms with Gasteiger partial charge in [0.1, 0.15) is 0 Å². The van der Waals surface area contributed by atoms with Crippen molar-refractivity contribution in [2.75, 3.05) is 5.01 Å². The maximum atomic E-state index is 5.37. The molecule has 0 aromatic heterocycles. The largest absolute Gasteiger partial charge is 0.258 e. The van der Waals surface area contributed by atoms with Crippen LogP contribution >= 0.6 is 0 Å². The van der Waals surface area contributed by atoms with Gasteiger partial charge in [0.15, 0.2) is 0 Å². The van der Waals surface area contributed by atoms with Crippen molar-refractivity contribution in [3.63, 3.8) is 0 Å². The molecule has 0 amide bonds. The van der Waals surface area contributed by atoms with Gasteiger partial charge in [0, 0.05) is 23.5 Å². The molecule has 4 aromatic rings. The summed E-state index contributed by atoms with van der Waals surface area (Å²) < 4.78 is 0. The van der Waals surface area contributed by atoms with Gasteiger partial charge in [-0.2, -0.15) is 5.10 Å². The van der Waals surface area contributed by atoms with Gasteiger partial charge < -0.3 is 0 Å². The number of rotatable bonds is 8. The van der Waals surface area contributed by atoms with Gasteiger partial charge in [-0.25, -0.2) is 0 Å². The zero-order valence-corrected chi connectivity index (χ0v) is 25.0. The van der Waals surface area contributed by atoms with Crippen LogP contribution < -0.4 is 5.01 Å². The van der Waals surface area contributed by atoms with Crippen molar-refractivity contribution in [1.29, 1.82) is 0 Å². The summed E-state index contributed by atoms with van der Waals surface area (Å²) in [6.07, 6.45) is 10.1. The van der Waals surface area contributed by atoms with Gasteiger partial charge in [-0.15, -0.1) is 0 Å². The molecule has 0 spiro atoms. The minimum Gasteiger partial charge on any atom is -0.258 e. The molecule has 1 heterocycles. The SMILES string of the molecule is CC(C)(C)c1ccc(C2CC(C(C)(C)C(C=Cc3ccccc3)C=Cc3ccccc3)=NN2c2ccccc2)cc1. The highest BCUT2D eigenvalue weighted by Crippen LogP contribution is 2.43. The molecule has 1 unspecified atom stereocenters. The summed E-state index contributed by atoms with van der Waals surface area (Å²) in [5.74, 6) is 0.154. The summed E-state index contributed by atoms with van der Waals surface area (Å²) in [5, 5.41) is 7.61. The topological polar surface area (TPSA) is 15.6 Å². The fourth-order valence-electron chi connectivity index (χ4n) is 5.48. The molecule has 4 aromatic carbocycles. The number of hydrogen-bond acceptors (Lipinski definition) is 2. The van der Waals surface area contributed by atoms with Crippen LogP contribution in [0.3, 0.4) is 0 Å². The van der Waals surface area contributed by atoms with Crippen LogP contribution in [0.4, 0.5) is 5.69 Å². The van der Waals surface area contributed by atoms with Crippen LogP contribution in [-0.4, -0.2) is 5.71 Å². The maximum absolute atomic E-state index is 5.37. The Labute approximate surface area is 246 Å². The molecule has 0 saturated carbocycles. The quantitative estimate of drug-likeness (QED) is 0.218. The van der Waals surface area contributed by atoms with Crippen molar-refractivity contribution in [2.24, 2.45) is 16.4 Å². The van der Waals surface area contributed by atoms with Crippen molar-refractivity contribution in [1.82, 2.24) is 0 Å². The molecule has 5 rings (SSSR count). The number of hydrazone groups is 1. The first-order chi connectivity index (χ1) is 19.7. The van der Waals surface area contributed by atoms with E-state index in [4.69, 9.17) is 5.10 Å². The Bertz CT molecular complexity index is 1440. The molecule has 1 atom stereocenters. The molecule has 2 heteroatoms. The van der Waals surface area contributed by atoms with Gasteiger partial charge in [0.05, 0.1) is 11.7 Å². The van der Waals surface area contributed by atoms with E-state index in [1.807, 2.05) is 0 Å². The molecule has 0 bridgehead atoms. The summed E-state index contributed by atoms with van der Waals surface area (Å²) in [5.41, 5.74) is 7.32. The minimum atomic E-state index is -0.205. The lowest BCUT2D eigenvalue weighted by atomic mass is 9.72. The second kappa shape index (κ2) is 12.1. The summed E-state index contributed by atoms with van der Waals surface area (Å²) in [6, 6.07) is 41.0. The Balaban J connectivity index is 1.51. The lowest BCUT2D eigenvalue weighted by molar-refractivity contribution is 0.435. The molecule has 1 aliphatic rings. The summed E-state index contributed by atoms with van der Waals surface area (Å²) in [6.45, 7) is 11.5. The van der Waals surface area contributed by atoms with Crippen LogP contribution in [-0.2, 0) is 5.41 Å². The maximum Gasteiger partial charge on any atom is 0.0828 e. The van der Waals surface area contributed by atoms with Crippen molar-refractivity contribution in [3.05, 3.63) is 150 Å². The molecule has 41 heavy (non-hydrogen) atoms. The lowest BCUT2D eigenvalue weighted by Gasteiger charge is -2.31. The van der Waals surface area contributed by atoms with E-state index in [9.17, 15) is 0 Å². The van der Waals surface area contributed by atoms with Gasteiger partial charge in [-0.1, -0.05) is 162 Å². The number of benzene rings is 4. The summed E-state index contributed by atoms with van der Waals surface area (Å²) >= 11 is 0.